The minimum absolute atomic E-state index is 0.464. The molecule has 3 N–H and O–H groups in total. The molecule has 72 valence electrons. The highest BCUT2D eigenvalue weighted by Crippen LogP contribution is 2.06. The molecule has 0 aliphatic carbocycles. The van der Waals surface area contributed by atoms with Gasteiger partial charge in [0, 0.05) is 0 Å². The van der Waals surface area contributed by atoms with Gasteiger partial charge in [-0.15, -0.1) is 0 Å². The highest BCUT2D eigenvalue weighted by molar-refractivity contribution is 5.95. The van der Waals surface area contributed by atoms with Gasteiger partial charge in [0.15, 0.2) is 0 Å². The van der Waals surface area contributed by atoms with E-state index in [0.717, 1.165) is 12.8 Å². The number of nitrogens with one attached hydrogen (secondary N) is 1. The van der Waals surface area contributed by atoms with Crippen molar-refractivity contribution in [1.82, 2.24) is 5.32 Å². The standard InChI is InChI=1S/C8H13N3O2/c1-2-3-4-6(5-9)7(12)11-8(10)13/h6H,2-4H2,1H3,(H3,10,11,12,13)/t6-/m0/s1. The van der Waals surface area contributed by atoms with Crippen molar-refractivity contribution in [3.8, 4) is 6.07 Å². The van der Waals surface area contributed by atoms with Gasteiger partial charge in [0.25, 0.3) is 0 Å². The molecule has 5 heteroatoms. The molecule has 0 aromatic rings. The Labute approximate surface area is 76.9 Å². The van der Waals surface area contributed by atoms with Crippen LogP contribution in [-0.2, 0) is 4.79 Å². The first-order valence-electron chi connectivity index (χ1n) is 4.11. The molecule has 0 bridgehead atoms. The first-order valence-corrected chi connectivity index (χ1v) is 4.11. The molecule has 1 atom stereocenters. The molecule has 0 rings (SSSR count). The number of amides is 3. The summed E-state index contributed by atoms with van der Waals surface area (Å²) in [5, 5.41) is 10.5. The van der Waals surface area contributed by atoms with Gasteiger partial charge < -0.3 is 5.73 Å². The highest BCUT2D eigenvalue weighted by atomic mass is 16.2. The molecule has 13 heavy (non-hydrogen) atoms. The SMILES string of the molecule is CCCC[C@@H](C#N)C(=O)NC(N)=O. The predicted molar refractivity (Wildman–Crippen MR) is 46.4 cm³/mol. The Kier molecular flexibility index (Phi) is 5.28. The first kappa shape index (κ1) is 11.4. The maximum absolute atomic E-state index is 11.1. The van der Waals surface area contributed by atoms with Gasteiger partial charge in [0.05, 0.1) is 6.07 Å². The van der Waals surface area contributed by atoms with E-state index in [0.29, 0.717) is 6.42 Å². The van der Waals surface area contributed by atoms with Crippen molar-refractivity contribution in [2.45, 2.75) is 26.2 Å². The zero-order valence-corrected chi connectivity index (χ0v) is 7.54. The molecular formula is C8H13N3O2. The Bertz CT molecular complexity index is 232. The summed E-state index contributed by atoms with van der Waals surface area (Å²) in [6.07, 6.45) is 2.15. The maximum atomic E-state index is 11.1. The van der Waals surface area contributed by atoms with Crippen molar-refractivity contribution >= 4 is 11.9 Å². The van der Waals surface area contributed by atoms with Crippen molar-refractivity contribution < 1.29 is 9.59 Å². The summed E-state index contributed by atoms with van der Waals surface area (Å²) in [5.41, 5.74) is 4.73. The highest BCUT2D eigenvalue weighted by Gasteiger charge is 2.17. The van der Waals surface area contributed by atoms with E-state index in [1.807, 2.05) is 18.3 Å². The summed E-state index contributed by atoms with van der Waals surface area (Å²) in [6.45, 7) is 1.96. The number of nitrogens with two attached hydrogens (primary N) is 1. The summed E-state index contributed by atoms with van der Waals surface area (Å²) >= 11 is 0. The molecule has 0 aliphatic rings. The van der Waals surface area contributed by atoms with Gasteiger partial charge in [-0.25, -0.2) is 4.79 Å². The quantitative estimate of drug-likeness (QED) is 0.664. The smallest absolute Gasteiger partial charge is 0.318 e. The average Bonchev–Trinajstić information content (AvgIpc) is 2.04. The fraction of sp³-hybridized carbons (Fsp3) is 0.625. The molecular weight excluding hydrogens is 170 g/mol. The van der Waals surface area contributed by atoms with Gasteiger partial charge in [0.2, 0.25) is 5.91 Å². The van der Waals surface area contributed by atoms with Crippen LogP contribution in [0.5, 0.6) is 0 Å². The van der Waals surface area contributed by atoms with Gasteiger partial charge >= 0.3 is 6.03 Å². The number of hydrogen-bond donors (Lipinski definition) is 2. The van der Waals surface area contributed by atoms with Crippen LogP contribution in [-0.4, -0.2) is 11.9 Å². The van der Waals surface area contributed by atoms with Gasteiger partial charge in [-0.05, 0) is 6.42 Å². The lowest BCUT2D eigenvalue weighted by Crippen LogP contribution is -2.38. The fourth-order valence-corrected chi connectivity index (χ4v) is 0.871. The second kappa shape index (κ2) is 6.00. The number of nitriles is 1. The van der Waals surface area contributed by atoms with Crippen LogP contribution in [0.3, 0.4) is 0 Å². The van der Waals surface area contributed by atoms with Crippen LogP contribution in [0.4, 0.5) is 4.79 Å². The van der Waals surface area contributed by atoms with Crippen LogP contribution in [0.25, 0.3) is 0 Å². The molecule has 0 aliphatic heterocycles. The van der Waals surface area contributed by atoms with E-state index in [9.17, 15) is 9.59 Å². The van der Waals surface area contributed by atoms with Gasteiger partial charge in [-0.1, -0.05) is 19.8 Å². The van der Waals surface area contributed by atoms with E-state index in [2.05, 4.69) is 0 Å². The molecule has 0 unspecified atom stereocenters. The van der Waals surface area contributed by atoms with Crippen molar-refractivity contribution in [1.29, 1.82) is 5.26 Å². The monoisotopic (exact) mass is 183 g/mol. The maximum Gasteiger partial charge on any atom is 0.318 e. The normalized spacial score (nSPS) is 11.4. The molecule has 0 heterocycles. The summed E-state index contributed by atoms with van der Waals surface area (Å²) in [7, 11) is 0. The number of primary amides is 1. The molecule has 5 nitrogen and oxygen atoms in total. The number of carbonyl (C=O) groups excluding carboxylic acids is 2. The lowest BCUT2D eigenvalue weighted by Gasteiger charge is -2.06. The third-order valence-corrected chi connectivity index (χ3v) is 1.57. The van der Waals surface area contributed by atoms with Gasteiger partial charge in [-0.3, -0.25) is 10.1 Å². The third-order valence-electron chi connectivity index (χ3n) is 1.57. The Morgan fingerprint density at radius 1 is 1.62 bits per heavy atom. The van der Waals surface area contributed by atoms with Gasteiger partial charge in [-0.2, -0.15) is 5.26 Å². The van der Waals surface area contributed by atoms with Crippen LogP contribution in [0.15, 0.2) is 0 Å². The van der Waals surface area contributed by atoms with Crippen LogP contribution in [0, 0.1) is 17.2 Å². The van der Waals surface area contributed by atoms with E-state index >= 15 is 0 Å². The van der Waals surface area contributed by atoms with Crippen LogP contribution in [0.1, 0.15) is 26.2 Å². The second-order valence-electron chi connectivity index (χ2n) is 2.68. The van der Waals surface area contributed by atoms with E-state index in [1.54, 1.807) is 0 Å². The number of carbonyl (C=O) groups is 2. The molecule has 0 aromatic heterocycles. The lowest BCUT2D eigenvalue weighted by molar-refractivity contribution is -0.122. The first-order chi connectivity index (χ1) is 6.11. The largest absolute Gasteiger partial charge is 0.351 e. The molecule has 0 saturated heterocycles. The molecule has 0 radical (unpaired) electrons. The lowest BCUT2D eigenvalue weighted by atomic mass is 10.0. The van der Waals surface area contributed by atoms with E-state index in [1.165, 1.54) is 0 Å². The van der Waals surface area contributed by atoms with Crippen molar-refractivity contribution in [2.75, 3.05) is 0 Å². The Morgan fingerprint density at radius 3 is 2.62 bits per heavy atom. The van der Waals surface area contributed by atoms with Crippen LogP contribution >= 0.6 is 0 Å². The Hall–Kier alpha value is -1.57. The molecule has 0 spiro atoms. The zero-order valence-electron chi connectivity index (χ0n) is 7.54. The molecule has 0 fully saturated rings. The summed E-state index contributed by atoms with van der Waals surface area (Å²) in [5.74, 6) is -1.38. The number of urea groups is 1. The number of unbranched alkanes of at least 4 members (excludes halogenated alkanes) is 1. The minimum Gasteiger partial charge on any atom is -0.351 e. The zero-order chi connectivity index (χ0) is 10.3. The van der Waals surface area contributed by atoms with E-state index < -0.39 is 17.9 Å². The third kappa shape index (κ3) is 4.80. The Balaban J connectivity index is 4.01. The topological polar surface area (TPSA) is 96.0 Å². The number of hydrogen-bond acceptors (Lipinski definition) is 3. The van der Waals surface area contributed by atoms with Gasteiger partial charge in [0.1, 0.15) is 5.92 Å². The summed E-state index contributed by atoms with van der Waals surface area (Å²) in [6, 6.07) is 0.907. The van der Waals surface area contributed by atoms with E-state index in [4.69, 9.17) is 11.0 Å². The Morgan fingerprint density at radius 2 is 2.23 bits per heavy atom. The fourth-order valence-electron chi connectivity index (χ4n) is 0.871. The average molecular weight is 183 g/mol. The van der Waals surface area contributed by atoms with Crippen LogP contribution in [0.2, 0.25) is 0 Å². The number of imide groups is 1. The van der Waals surface area contributed by atoms with Crippen molar-refractivity contribution in [3.05, 3.63) is 0 Å². The van der Waals surface area contributed by atoms with E-state index in [-0.39, 0.29) is 0 Å². The van der Waals surface area contributed by atoms with Crippen molar-refractivity contribution in [3.63, 3.8) is 0 Å². The second-order valence-corrected chi connectivity index (χ2v) is 2.68. The summed E-state index contributed by atoms with van der Waals surface area (Å²) < 4.78 is 0. The molecule has 0 saturated carbocycles. The molecule has 3 amide bonds. The summed E-state index contributed by atoms with van der Waals surface area (Å²) in [4.78, 5) is 21.3. The number of nitrogens with zero attached hydrogens (tertiary/aromatic N) is 1. The minimum atomic E-state index is -0.915. The van der Waals surface area contributed by atoms with Crippen molar-refractivity contribution in [2.24, 2.45) is 11.7 Å². The molecule has 0 aromatic carbocycles. The predicted octanol–water partition coefficient (Wildman–Crippen LogP) is 0.511. The number of rotatable bonds is 4. The van der Waals surface area contributed by atoms with Crippen LogP contribution < -0.4 is 11.1 Å².